The summed E-state index contributed by atoms with van der Waals surface area (Å²) in [6.07, 6.45) is 16.4. The molecule has 0 saturated carbocycles. The van der Waals surface area contributed by atoms with Crippen LogP contribution in [0, 0.1) is 0 Å². The third kappa shape index (κ3) is 5.46. The second kappa shape index (κ2) is 10.2. The van der Waals surface area contributed by atoms with Crippen molar-refractivity contribution in [1.29, 1.82) is 0 Å². The molecule has 2 N–H and O–H groups in total. The van der Waals surface area contributed by atoms with Gasteiger partial charge in [-0.05, 0) is 62.0 Å². The van der Waals surface area contributed by atoms with Gasteiger partial charge in [0.2, 0.25) is 0 Å². The van der Waals surface area contributed by atoms with E-state index in [9.17, 15) is 10.2 Å². The van der Waals surface area contributed by atoms with Crippen molar-refractivity contribution < 1.29 is 10.2 Å². The summed E-state index contributed by atoms with van der Waals surface area (Å²) in [5.41, 5.74) is 4.85. The Bertz CT molecular complexity index is 1840. The van der Waals surface area contributed by atoms with Crippen LogP contribution in [0.4, 0.5) is 0 Å². The molecule has 3 unspecified atom stereocenters. The first kappa shape index (κ1) is 26.8. The molecule has 0 saturated heterocycles. The zero-order chi connectivity index (χ0) is 28.1. The van der Waals surface area contributed by atoms with Crippen LogP contribution in [-0.2, 0) is 0 Å². The molecule has 2 heterocycles. The molecule has 40 heavy (non-hydrogen) atoms. The molecule has 0 bridgehead atoms. The van der Waals surface area contributed by atoms with Crippen molar-refractivity contribution in [1.82, 2.24) is 30.0 Å². The van der Waals surface area contributed by atoms with Gasteiger partial charge >= 0.3 is 0 Å². The first-order valence-corrected chi connectivity index (χ1v) is 14.5. The second-order valence-electron chi connectivity index (χ2n) is 10.5. The Morgan fingerprint density at radius 2 is 1.52 bits per heavy atom. The fourth-order valence-electron chi connectivity index (χ4n) is 4.96. The van der Waals surface area contributed by atoms with Gasteiger partial charge in [0.15, 0.2) is 0 Å². The predicted octanol–water partition coefficient (Wildman–Crippen LogP) is 6.59. The largest absolute Gasteiger partial charge is 0.512 e. The van der Waals surface area contributed by atoms with E-state index < -0.39 is 5.60 Å². The lowest BCUT2D eigenvalue weighted by molar-refractivity contribution is 0.163. The number of aromatic nitrogens is 6. The van der Waals surface area contributed by atoms with Crippen LogP contribution in [0.2, 0.25) is 0 Å². The van der Waals surface area contributed by atoms with Crippen molar-refractivity contribution in [2.24, 2.45) is 0 Å². The fraction of sp³-hybridized carbons (Fsp3) is 0.200. The van der Waals surface area contributed by atoms with E-state index in [1.54, 1.807) is 28.7 Å². The van der Waals surface area contributed by atoms with Crippen molar-refractivity contribution >= 4 is 65.3 Å². The van der Waals surface area contributed by atoms with Crippen molar-refractivity contribution in [3.05, 3.63) is 96.1 Å². The molecular formula is C30H28IN6O2P. The molecule has 2 aromatic heterocycles. The van der Waals surface area contributed by atoms with E-state index >= 15 is 0 Å². The Hall–Kier alpha value is -3.40. The van der Waals surface area contributed by atoms with Crippen LogP contribution in [0.1, 0.15) is 26.7 Å². The number of aliphatic hydroxyl groups is 2. The standard InChI is InChI=1S/C30H28IN6O2P/c1-29(31)14-6-8-19(15-21(38)17-29)36-32-25-12-4-10-23(27(25)34-36)24-11-5-13-26-28(24)35-37(33-26)20-7-3-9-22(40)18-30(2,39)16-20/h3-8,10-16,18,38-39H,9,17,40H2,1-2H3/b7-3-,14-6-,19-8+,20-16+,21-15?,22-18?. The smallest absolute Gasteiger partial charge is 0.121 e. The molecule has 3 atom stereocenters. The highest BCUT2D eigenvalue weighted by Crippen LogP contribution is 2.34. The average Bonchev–Trinajstić information content (AvgIpc) is 3.49. The van der Waals surface area contributed by atoms with Crippen LogP contribution in [0.25, 0.3) is 44.6 Å². The monoisotopic (exact) mass is 662 g/mol. The number of alkyl halides is 1. The highest BCUT2D eigenvalue weighted by atomic mass is 127. The van der Waals surface area contributed by atoms with E-state index in [0.29, 0.717) is 29.8 Å². The van der Waals surface area contributed by atoms with E-state index in [0.717, 1.165) is 33.0 Å². The number of halogens is 1. The molecule has 0 amide bonds. The molecule has 202 valence electrons. The van der Waals surface area contributed by atoms with Crippen LogP contribution >= 0.6 is 31.8 Å². The Morgan fingerprint density at radius 1 is 0.900 bits per heavy atom. The number of rotatable bonds is 3. The average molecular weight is 662 g/mol. The van der Waals surface area contributed by atoms with Gasteiger partial charge < -0.3 is 10.2 Å². The number of hydrogen-bond donors (Lipinski definition) is 2. The molecule has 2 aliphatic rings. The SMILES string of the molecule is CC1(O)C=C(P)C/C=C\C(n2nc3cccc(-c4cccc5nn(/C6=C/C=C\C(C)(I)CC(O)=C6)nc45)c3n2)=C/1. The normalized spacial score (nSPS) is 27.8. The first-order valence-electron chi connectivity index (χ1n) is 12.9. The summed E-state index contributed by atoms with van der Waals surface area (Å²) in [5.74, 6) is 0.274. The zero-order valence-electron chi connectivity index (χ0n) is 22.0. The van der Waals surface area contributed by atoms with Gasteiger partial charge in [0.05, 0.1) is 17.2 Å². The summed E-state index contributed by atoms with van der Waals surface area (Å²) in [6, 6.07) is 11.7. The minimum atomic E-state index is -1.14. The summed E-state index contributed by atoms with van der Waals surface area (Å²) in [5, 5.41) is 41.6. The van der Waals surface area contributed by atoms with Crippen molar-refractivity contribution in [3.8, 4) is 11.1 Å². The van der Waals surface area contributed by atoms with E-state index in [-0.39, 0.29) is 9.18 Å². The van der Waals surface area contributed by atoms with Gasteiger partial charge in [0.1, 0.15) is 27.7 Å². The minimum absolute atomic E-state index is 0.168. The van der Waals surface area contributed by atoms with Crippen LogP contribution < -0.4 is 0 Å². The van der Waals surface area contributed by atoms with E-state index in [1.807, 2.05) is 66.8 Å². The Labute approximate surface area is 247 Å². The molecule has 0 spiro atoms. The number of fused-ring (bicyclic) bond motifs is 2. The lowest BCUT2D eigenvalue weighted by Gasteiger charge is -2.18. The van der Waals surface area contributed by atoms with Crippen molar-refractivity contribution in [3.63, 3.8) is 0 Å². The van der Waals surface area contributed by atoms with E-state index in [2.05, 4.69) is 44.8 Å². The minimum Gasteiger partial charge on any atom is -0.512 e. The van der Waals surface area contributed by atoms with Crippen LogP contribution in [0.15, 0.2) is 96.1 Å². The molecule has 4 aromatic rings. The number of allylic oxidation sites excluding steroid dienone is 10. The van der Waals surface area contributed by atoms with Gasteiger partial charge in [-0.3, -0.25) is 0 Å². The summed E-state index contributed by atoms with van der Waals surface area (Å²) in [4.78, 5) is 3.12. The van der Waals surface area contributed by atoms with Gasteiger partial charge in [-0.2, -0.15) is 9.59 Å². The highest BCUT2D eigenvalue weighted by molar-refractivity contribution is 14.1. The summed E-state index contributed by atoms with van der Waals surface area (Å²) < 4.78 is -0.168. The van der Waals surface area contributed by atoms with Gasteiger partial charge in [-0.25, -0.2) is 0 Å². The molecule has 0 aliphatic heterocycles. The van der Waals surface area contributed by atoms with Crippen LogP contribution in [0.3, 0.4) is 0 Å². The molecular weight excluding hydrogens is 634 g/mol. The van der Waals surface area contributed by atoms with Crippen molar-refractivity contribution in [2.75, 3.05) is 0 Å². The number of hydrogen-bond acceptors (Lipinski definition) is 6. The lowest BCUT2D eigenvalue weighted by Crippen LogP contribution is -2.20. The molecule has 0 fully saturated rings. The molecule has 8 nitrogen and oxygen atoms in total. The quantitative estimate of drug-likeness (QED) is 0.146. The summed E-state index contributed by atoms with van der Waals surface area (Å²) in [7, 11) is 2.67. The highest BCUT2D eigenvalue weighted by Gasteiger charge is 2.22. The Kier molecular flexibility index (Phi) is 6.84. The third-order valence-corrected chi connectivity index (χ3v) is 7.83. The Morgan fingerprint density at radius 3 is 2.17 bits per heavy atom. The number of benzene rings is 2. The molecule has 10 heteroatoms. The fourth-order valence-corrected chi connectivity index (χ4v) is 6.03. The molecule has 0 radical (unpaired) electrons. The number of aliphatic hydroxyl groups excluding tert-OH is 1. The predicted molar refractivity (Wildman–Crippen MR) is 172 cm³/mol. The zero-order valence-corrected chi connectivity index (χ0v) is 25.3. The molecule has 2 aliphatic carbocycles. The van der Waals surface area contributed by atoms with Gasteiger partial charge in [0.25, 0.3) is 0 Å². The van der Waals surface area contributed by atoms with Crippen LogP contribution in [0.5, 0.6) is 0 Å². The summed E-state index contributed by atoms with van der Waals surface area (Å²) in [6.45, 7) is 3.81. The first-order chi connectivity index (χ1) is 19.1. The maximum absolute atomic E-state index is 10.9. The van der Waals surface area contributed by atoms with Crippen molar-refractivity contribution in [2.45, 2.75) is 35.7 Å². The molecule has 2 aromatic carbocycles. The van der Waals surface area contributed by atoms with Gasteiger partial charge in [-0.1, -0.05) is 65.1 Å². The Balaban J connectivity index is 1.45. The van der Waals surface area contributed by atoms with Crippen LogP contribution in [-0.4, -0.2) is 49.2 Å². The molecule has 6 rings (SSSR count). The second-order valence-corrected chi connectivity index (χ2v) is 13.7. The maximum atomic E-state index is 10.9. The van der Waals surface area contributed by atoms with Gasteiger partial charge in [0, 0.05) is 27.0 Å². The maximum Gasteiger partial charge on any atom is 0.121 e. The van der Waals surface area contributed by atoms with E-state index in [4.69, 9.17) is 20.4 Å². The van der Waals surface area contributed by atoms with E-state index in [1.165, 1.54) is 0 Å². The summed E-state index contributed by atoms with van der Waals surface area (Å²) >= 11 is 2.33. The lowest BCUT2D eigenvalue weighted by atomic mass is 10.0. The third-order valence-electron chi connectivity index (χ3n) is 6.69. The van der Waals surface area contributed by atoms with Gasteiger partial charge in [-0.15, -0.1) is 29.6 Å². The number of nitrogens with zero attached hydrogens (tertiary/aromatic N) is 6. The topological polar surface area (TPSA) is 102 Å².